The Balaban J connectivity index is 0.000000497. The topological polar surface area (TPSA) is 17.6 Å². The van der Waals surface area contributed by atoms with Gasteiger partial charge in [-0.1, -0.05) is 31.4 Å². The van der Waals surface area contributed by atoms with Gasteiger partial charge in [-0.2, -0.15) is 0 Å². The van der Waals surface area contributed by atoms with Gasteiger partial charge in [-0.15, -0.1) is 0 Å². The van der Waals surface area contributed by atoms with Gasteiger partial charge in [-0.3, -0.25) is 0 Å². The van der Waals surface area contributed by atoms with Crippen LogP contribution in [0.4, 0.5) is 50.4 Å². The van der Waals surface area contributed by atoms with Gasteiger partial charge in [0.05, 0.1) is 0 Å². The van der Waals surface area contributed by atoms with Crippen molar-refractivity contribution in [3.8, 4) is 0 Å². The summed E-state index contributed by atoms with van der Waals surface area (Å²) in [6.45, 7) is 17.8. The van der Waals surface area contributed by atoms with Gasteiger partial charge >= 0.3 is 66.0 Å². The minimum atomic E-state index is -10.7. The zero-order chi connectivity index (χ0) is 32.2. The van der Waals surface area contributed by atoms with Crippen LogP contribution in [0.25, 0.3) is 0 Å². The van der Waals surface area contributed by atoms with Crippen molar-refractivity contribution in [3.63, 3.8) is 0 Å². The van der Waals surface area contributed by atoms with Gasteiger partial charge in [0.2, 0.25) is 12.7 Å². The molecule has 0 radical (unpaired) electrons. The van der Waals surface area contributed by atoms with Crippen LogP contribution in [0.3, 0.4) is 0 Å². The molecule has 0 N–H and O–H groups in total. The van der Waals surface area contributed by atoms with Crippen molar-refractivity contribution < 1.29 is 59.5 Å². The average molecular weight is 652 g/mol. The molecule has 3 aromatic rings. The molecule has 1 aromatic carbocycles. The number of imidazole rings is 2. The number of hydrogen-bond donors (Lipinski definition) is 0. The maximum atomic E-state index is 9.87. The monoisotopic (exact) mass is 652 g/mol. The van der Waals surface area contributed by atoms with E-state index in [0.717, 1.165) is 26.2 Å². The Kier molecular flexibility index (Phi) is 9.49. The Labute approximate surface area is 228 Å². The molecule has 0 aliphatic rings. The molecule has 0 aliphatic carbocycles. The third-order valence-electron chi connectivity index (χ3n) is 5.14. The van der Waals surface area contributed by atoms with Gasteiger partial charge in [0.25, 0.3) is 0 Å². The van der Waals surface area contributed by atoms with Crippen LogP contribution in [0.1, 0.15) is 27.8 Å². The summed E-state index contributed by atoms with van der Waals surface area (Å²) in [7, 11) is -21.3. The molecule has 0 fully saturated rings. The molecule has 0 amide bonds. The molecular weight excluding hydrogens is 622 g/mol. The van der Waals surface area contributed by atoms with Gasteiger partial charge in [-0.25, -0.2) is 18.3 Å². The third kappa shape index (κ3) is 19.0. The fourth-order valence-electron chi connectivity index (χ4n) is 3.70. The Morgan fingerprint density at radius 1 is 0.634 bits per heavy atom. The number of nitrogens with zero attached hydrogens (tertiary/aromatic N) is 4. The van der Waals surface area contributed by atoms with Gasteiger partial charge < -0.3 is 0 Å². The van der Waals surface area contributed by atoms with E-state index in [-0.39, 0.29) is 0 Å². The molecule has 41 heavy (non-hydrogen) atoms. The standard InChI is InChI=1S/C23H30N4.2F6P/c1-6-8-24-10-12-26(17-24)15-22-19(3)14-20(4)23(21(22)5)16-27-13-11-25(18-27)9-7-2;2*1-7(2,3,4,5)6/h6-7,10-14,17-18H,1-2,8-9,15-16H2,3-5H3;;/q+2;2*-1. The van der Waals surface area contributed by atoms with Crippen molar-refractivity contribution in [1.29, 1.82) is 0 Å². The van der Waals surface area contributed by atoms with E-state index in [9.17, 15) is 50.4 Å². The number of aryl methyl sites for hydroxylation is 2. The zero-order valence-corrected chi connectivity index (χ0v) is 23.9. The second kappa shape index (κ2) is 10.8. The van der Waals surface area contributed by atoms with E-state index in [2.05, 4.69) is 95.7 Å². The van der Waals surface area contributed by atoms with Gasteiger partial charge in [0.1, 0.15) is 51.0 Å². The molecule has 0 atom stereocenters. The van der Waals surface area contributed by atoms with Crippen molar-refractivity contribution in [3.05, 3.63) is 96.6 Å². The molecule has 236 valence electrons. The number of halogens is 12. The van der Waals surface area contributed by atoms with Crippen LogP contribution < -0.4 is 9.13 Å². The predicted molar refractivity (Wildman–Crippen MR) is 136 cm³/mol. The number of aromatic nitrogens is 4. The number of benzene rings is 1. The van der Waals surface area contributed by atoms with Crippen LogP contribution >= 0.6 is 15.6 Å². The van der Waals surface area contributed by atoms with E-state index in [4.69, 9.17) is 0 Å². The summed E-state index contributed by atoms with van der Waals surface area (Å²) < 4.78 is 127. The quantitative estimate of drug-likeness (QED) is 0.0998. The van der Waals surface area contributed by atoms with Crippen LogP contribution in [-0.2, 0) is 26.2 Å². The van der Waals surface area contributed by atoms with E-state index < -0.39 is 15.6 Å². The summed E-state index contributed by atoms with van der Waals surface area (Å²) in [5.41, 5.74) is 6.91. The Bertz CT molecular complexity index is 1260. The van der Waals surface area contributed by atoms with E-state index in [1.807, 2.05) is 12.2 Å². The molecule has 3 rings (SSSR count). The van der Waals surface area contributed by atoms with Crippen LogP contribution in [0.15, 0.2) is 68.8 Å². The molecule has 0 spiro atoms. The molecule has 0 aliphatic heterocycles. The van der Waals surface area contributed by atoms with Crippen molar-refractivity contribution >= 4 is 15.6 Å². The van der Waals surface area contributed by atoms with Gasteiger partial charge in [0, 0.05) is 0 Å². The molecule has 0 saturated heterocycles. The van der Waals surface area contributed by atoms with Crippen molar-refractivity contribution in [2.24, 2.45) is 0 Å². The molecule has 18 heteroatoms. The van der Waals surface area contributed by atoms with Gasteiger partial charge in [0.15, 0.2) is 0 Å². The Hall–Kier alpha value is -2.86. The second-order valence-corrected chi connectivity index (χ2v) is 13.0. The van der Waals surface area contributed by atoms with E-state index in [0.29, 0.717) is 0 Å². The van der Waals surface area contributed by atoms with Crippen LogP contribution in [0.5, 0.6) is 0 Å². The fourth-order valence-corrected chi connectivity index (χ4v) is 3.70. The molecule has 4 nitrogen and oxygen atoms in total. The number of allylic oxidation sites excluding steroid dienone is 2. The minimum absolute atomic E-state index is 0.836. The van der Waals surface area contributed by atoms with Crippen molar-refractivity contribution in [1.82, 2.24) is 9.13 Å². The number of rotatable bonds is 8. The fraction of sp³-hybridized carbons (Fsp3) is 0.304. The van der Waals surface area contributed by atoms with E-state index in [1.54, 1.807) is 0 Å². The first kappa shape index (κ1) is 36.2. The summed E-state index contributed by atoms with van der Waals surface area (Å²) in [5.74, 6) is 0. The molecule has 2 aromatic heterocycles. The van der Waals surface area contributed by atoms with Gasteiger partial charge in [-0.05, 0) is 48.6 Å². The van der Waals surface area contributed by atoms with E-state index in [1.165, 1.54) is 27.8 Å². The molecule has 0 unspecified atom stereocenters. The Morgan fingerprint density at radius 2 is 0.927 bits per heavy atom. The summed E-state index contributed by atoms with van der Waals surface area (Å²) in [6, 6.07) is 2.32. The summed E-state index contributed by atoms with van der Waals surface area (Å²) in [6.07, 6.45) is 16.6. The molecule has 2 heterocycles. The van der Waals surface area contributed by atoms with Crippen molar-refractivity contribution in [2.75, 3.05) is 0 Å². The summed E-state index contributed by atoms with van der Waals surface area (Å²) in [4.78, 5) is 0. The van der Waals surface area contributed by atoms with E-state index >= 15 is 0 Å². The summed E-state index contributed by atoms with van der Waals surface area (Å²) in [5, 5.41) is 0. The molecule has 0 bridgehead atoms. The number of hydrogen-bond acceptors (Lipinski definition) is 0. The third-order valence-corrected chi connectivity index (χ3v) is 5.14. The first-order valence-corrected chi connectivity index (χ1v) is 15.5. The first-order valence-electron chi connectivity index (χ1n) is 11.4. The summed E-state index contributed by atoms with van der Waals surface area (Å²) >= 11 is 0. The van der Waals surface area contributed by atoms with Crippen molar-refractivity contribution in [2.45, 2.75) is 47.0 Å². The zero-order valence-electron chi connectivity index (χ0n) is 22.2. The predicted octanol–water partition coefficient (Wildman–Crippen LogP) is 10.0. The molecular formula is C23H30F12N4P2. The average Bonchev–Trinajstić information content (AvgIpc) is 3.33. The second-order valence-electron chi connectivity index (χ2n) is 9.15. The van der Waals surface area contributed by atoms with Crippen LogP contribution in [0, 0.1) is 20.8 Å². The molecule has 0 saturated carbocycles. The first-order chi connectivity index (χ1) is 17.9. The SMILES string of the molecule is C=CCn1cc[n+](Cc2c(C)cc(C)c(C[n+]3ccn(CC=C)c3)c2C)c1.F[P-](F)(F)(F)(F)F.F[P-](F)(F)(F)(F)F. The van der Waals surface area contributed by atoms with Crippen LogP contribution in [-0.4, -0.2) is 9.13 Å². The Morgan fingerprint density at radius 3 is 1.20 bits per heavy atom. The normalized spacial score (nSPS) is 15.1. The van der Waals surface area contributed by atoms with Crippen LogP contribution in [0.2, 0.25) is 0 Å². The maximum absolute atomic E-state index is 10.7.